The number of alkyl halides is 1. The SMILES string of the molecule is O=c1[nH]c(=O)n([C@@H]2O[C@H](CO)C[C@H]2F)cc1F. The normalized spacial score (nSPS) is 28.5. The molecule has 2 N–H and O–H groups in total. The summed E-state index contributed by atoms with van der Waals surface area (Å²) in [6.07, 6.45) is -3.11. The standard InChI is InChI=1S/C9H10F2N2O4/c10-5-1-4(3-14)17-8(5)13-2-6(11)7(15)12-9(13)16/h2,4-5,8,14H,1,3H2,(H,12,15,16)/t4-,5+,8+/m0/s1. The van der Waals surface area contributed by atoms with Crippen LogP contribution in [0.4, 0.5) is 8.78 Å². The Balaban J connectivity index is 2.38. The summed E-state index contributed by atoms with van der Waals surface area (Å²) in [5.74, 6) is -1.20. The first-order valence-corrected chi connectivity index (χ1v) is 4.94. The Labute approximate surface area is 93.5 Å². The van der Waals surface area contributed by atoms with E-state index in [1.807, 2.05) is 0 Å². The lowest BCUT2D eigenvalue weighted by molar-refractivity contribution is -0.0399. The predicted molar refractivity (Wildman–Crippen MR) is 51.8 cm³/mol. The molecule has 1 saturated heterocycles. The molecule has 2 rings (SSSR count). The summed E-state index contributed by atoms with van der Waals surface area (Å²) < 4.78 is 32.2. The number of nitrogens with one attached hydrogen (secondary N) is 1. The summed E-state index contributed by atoms with van der Waals surface area (Å²) in [4.78, 5) is 23.8. The van der Waals surface area contributed by atoms with Crippen molar-refractivity contribution in [2.75, 3.05) is 6.61 Å². The van der Waals surface area contributed by atoms with E-state index < -0.39 is 42.2 Å². The molecule has 0 bridgehead atoms. The topological polar surface area (TPSA) is 84.3 Å². The van der Waals surface area contributed by atoms with Crippen molar-refractivity contribution in [1.29, 1.82) is 0 Å². The van der Waals surface area contributed by atoms with Crippen LogP contribution in [0.3, 0.4) is 0 Å². The quantitative estimate of drug-likeness (QED) is 0.724. The smallest absolute Gasteiger partial charge is 0.330 e. The van der Waals surface area contributed by atoms with Gasteiger partial charge in [0.15, 0.2) is 6.23 Å². The number of aliphatic hydroxyl groups excluding tert-OH is 1. The number of ether oxygens (including phenoxy) is 1. The highest BCUT2D eigenvalue weighted by molar-refractivity contribution is 4.91. The molecule has 6 nitrogen and oxygen atoms in total. The fourth-order valence-electron chi connectivity index (χ4n) is 1.71. The third kappa shape index (κ3) is 2.13. The van der Waals surface area contributed by atoms with Crippen LogP contribution >= 0.6 is 0 Å². The largest absolute Gasteiger partial charge is 0.394 e. The minimum Gasteiger partial charge on any atom is -0.394 e. The number of hydrogen-bond acceptors (Lipinski definition) is 4. The van der Waals surface area contributed by atoms with Crippen molar-refractivity contribution < 1.29 is 18.6 Å². The van der Waals surface area contributed by atoms with Crippen LogP contribution in [0.25, 0.3) is 0 Å². The maximum atomic E-state index is 13.5. The molecular formula is C9H10F2N2O4. The molecule has 3 atom stereocenters. The van der Waals surface area contributed by atoms with Gasteiger partial charge in [0.1, 0.15) is 6.17 Å². The number of aromatic amines is 1. The molecular weight excluding hydrogens is 238 g/mol. The fourth-order valence-corrected chi connectivity index (χ4v) is 1.71. The van der Waals surface area contributed by atoms with E-state index >= 15 is 0 Å². The van der Waals surface area contributed by atoms with Crippen LogP contribution < -0.4 is 11.2 Å². The van der Waals surface area contributed by atoms with Crippen LogP contribution in [0.2, 0.25) is 0 Å². The number of H-pyrrole nitrogens is 1. The molecule has 2 heterocycles. The molecule has 1 fully saturated rings. The second kappa shape index (κ2) is 4.38. The summed E-state index contributed by atoms with van der Waals surface area (Å²) in [7, 11) is 0. The number of halogens is 2. The average molecular weight is 248 g/mol. The average Bonchev–Trinajstić information content (AvgIpc) is 2.65. The number of nitrogens with zero attached hydrogens (tertiary/aromatic N) is 1. The predicted octanol–water partition coefficient (Wildman–Crippen LogP) is -0.706. The Hall–Kier alpha value is -1.54. The van der Waals surface area contributed by atoms with Crippen LogP contribution in [0.15, 0.2) is 15.8 Å². The molecule has 0 unspecified atom stereocenters. The van der Waals surface area contributed by atoms with Gasteiger partial charge in [-0.2, -0.15) is 4.39 Å². The van der Waals surface area contributed by atoms with Gasteiger partial charge < -0.3 is 9.84 Å². The summed E-state index contributed by atoms with van der Waals surface area (Å²) in [5.41, 5.74) is -2.12. The molecule has 1 aliphatic heterocycles. The van der Waals surface area contributed by atoms with Crippen molar-refractivity contribution in [2.45, 2.75) is 24.9 Å². The maximum absolute atomic E-state index is 13.5. The zero-order valence-electron chi connectivity index (χ0n) is 8.60. The number of aliphatic hydroxyl groups is 1. The van der Waals surface area contributed by atoms with E-state index in [1.165, 1.54) is 0 Å². The first kappa shape index (κ1) is 11.9. The Morgan fingerprint density at radius 2 is 2.29 bits per heavy atom. The summed E-state index contributed by atoms with van der Waals surface area (Å²) >= 11 is 0. The zero-order chi connectivity index (χ0) is 12.6. The number of rotatable bonds is 2. The molecule has 0 saturated carbocycles. The first-order chi connectivity index (χ1) is 8.02. The summed E-state index contributed by atoms with van der Waals surface area (Å²) in [6, 6.07) is 0. The minimum absolute atomic E-state index is 0.0889. The van der Waals surface area contributed by atoms with Crippen molar-refractivity contribution >= 4 is 0 Å². The van der Waals surface area contributed by atoms with Gasteiger partial charge in [-0.15, -0.1) is 0 Å². The van der Waals surface area contributed by atoms with Gasteiger partial charge in [-0.05, 0) is 0 Å². The Kier molecular flexibility index (Phi) is 3.07. The van der Waals surface area contributed by atoms with Gasteiger partial charge in [0.05, 0.1) is 18.9 Å². The third-order valence-corrected chi connectivity index (χ3v) is 2.53. The molecule has 17 heavy (non-hydrogen) atoms. The van der Waals surface area contributed by atoms with Gasteiger partial charge in [0, 0.05) is 6.42 Å². The number of hydrogen-bond donors (Lipinski definition) is 2. The lowest BCUT2D eigenvalue weighted by atomic mass is 10.2. The van der Waals surface area contributed by atoms with Gasteiger partial charge in [-0.1, -0.05) is 0 Å². The van der Waals surface area contributed by atoms with Crippen molar-refractivity contribution in [2.24, 2.45) is 0 Å². The molecule has 0 aliphatic carbocycles. The zero-order valence-corrected chi connectivity index (χ0v) is 8.60. The van der Waals surface area contributed by atoms with Gasteiger partial charge in [-0.25, -0.2) is 9.18 Å². The molecule has 1 aromatic rings. The van der Waals surface area contributed by atoms with Crippen molar-refractivity contribution in [1.82, 2.24) is 9.55 Å². The lowest BCUT2D eigenvalue weighted by Crippen LogP contribution is -2.36. The summed E-state index contributed by atoms with van der Waals surface area (Å²) in [6.45, 7) is -0.391. The highest BCUT2D eigenvalue weighted by Gasteiger charge is 2.37. The van der Waals surface area contributed by atoms with Crippen LogP contribution in [-0.4, -0.2) is 33.5 Å². The van der Waals surface area contributed by atoms with Crippen LogP contribution in [0.1, 0.15) is 12.6 Å². The van der Waals surface area contributed by atoms with Gasteiger partial charge in [-0.3, -0.25) is 14.3 Å². The minimum atomic E-state index is -1.55. The van der Waals surface area contributed by atoms with E-state index in [9.17, 15) is 18.4 Å². The molecule has 1 aromatic heterocycles. The summed E-state index contributed by atoms with van der Waals surface area (Å²) in [5, 5.41) is 8.81. The van der Waals surface area contributed by atoms with Crippen molar-refractivity contribution in [3.8, 4) is 0 Å². The molecule has 8 heteroatoms. The van der Waals surface area contributed by atoms with Gasteiger partial charge >= 0.3 is 5.69 Å². The monoisotopic (exact) mass is 248 g/mol. The van der Waals surface area contributed by atoms with E-state index in [2.05, 4.69) is 0 Å². The third-order valence-electron chi connectivity index (χ3n) is 2.53. The van der Waals surface area contributed by atoms with Gasteiger partial charge in [0.2, 0.25) is 5.82 Å². The van der Waals surface area contributed by atoms with Crippen LogP contribution in [-0.2, 0) is 4.74 Å². The molecule has 1 aliphatic rings. The first-order valence-electron chi connectivity index (χ1n) is 4.94. The van der Waals surface area contributed by atoms with Crippen LogP contribution in [0, 0.1) is 5.82 Å². The van der Waals surface area contributed by atoms with E-state index in [0.29, 0.717) is 10.8 Å². The molecule has 94 valence electrons. The molecule has 0 aromatic carbocycles. The molecule has 0 radical (unpaired) electrons. The van der Waals surface area contributed by atoms with Gasteiger partial charge in [0.25, 0.3) is 5.56 Å². The fraction of sp³-hybridized carbons (Fsp3) is 0.556. The van der Waals surface area contributed by atoms with E-state index in [1.54, 1.807) is 4.98 Å². The molecule has 0 spiro atoms. The maximum Gasteiger partial charge on any atom is 0.330 e. The highest BCUT2D eigenvalue weighted by Crippen LogP contribution is 2.29. The second-order valence-electron chi connectivity index (χ2n) is 3.73. The van der Waals surface area contributed by atoms with E-state index in [0.717, 1.165) is 0 Å². The Morgan fingerprint density at radius 3 is 2.88 bits per heavy atom. The van der Waals surface area contributed by atoms with E-state index in [4.69, 9.17) is 9.84 Å². The Bertz CT molecular complexity index is 526. The Morgan fingerprint density at radius 1 is 1.59 bits per heavy atom. The van der Waals surface area contributed by atoms with E-state index in [-0.39, 0.29) is 6.42 Å². The second-order valence-corrected chi connectivity index (χ2v) is 3.73. The highest BCUT2D eigenvalue weighted by atomic mass is 19.1. The van der Waals surface area contributed by atoms with Crippen LogP contribution in [0.5, 0.6) is 0 Å². The van der Waals surface area contributed by atoms with Crippen molar-refractivity contribution in [3.05, 3.63) is 32.9 Å². The lowest BCUT2D eigenvalue weighted by Gasteiger charge is -2.15. The van der Waals surface area contributed by atoms with Crippen molar-refractivity contribution in [3.63, 3.8) is 0 Å². The molecule has 0 amide bonds. The number of aromatic nitrogens is 2.